The van der Waals surface area contributed by atoms with Crippen molar-refractivity contribution in [2.24, 2.45) is 0 Å². The van der Waals surface area contributed by atoms with Crippen molar-refractivity contribution >= 4 is 11.6 Å². The Labute approximate surface area is 202 Å². The van der Waals surface area contributed by atoms with Crippen molar-refractivity contribution in [3.63, 3.8) is 0 Å². The van der Waals surface area contributed by atoms with Gasteiger partial charge in [-0.15, -0.1) is 0 Å². The molecule has 1 fully saturated rings. The van der Waals surface area contributed by atoms with E-state index in [-0.39, 0.29) is 5.91 Å². The second-order valence-electron chi connectivity index (χ2n) is 9.06. The van der Waals surface area contributed by atoms with E-state index in [9.17, 15) is 4.79 Å². The molecule has 1 aliphatic rings. The third-order valence-electron chi connectivity index (χ3n) is 6.54. The van der Waals surface area contributed by atoms with Gasteiger partial charge in [-0.25, -0.2) is 4.68 Å². The molecule has 0 atom stereocenters. The van der Waals surface area contributed by atoms with Crippen molar-refractivity contribution in [1.82, 2.24) is 19.6 Å². The van der Waals surface area contributed by atoms with Gasteiger partial charge in [0.2, 0.25) is 5.91 Å². The van der Waals surface area contributed by atoms with Crippen molar-refractivity contribution in [2.75, 3.05) is 51.7 Å². The molecule has 1 saturated heterocycles. The lowest BCUT2D eigenvalue weighted by Gasteiger charge is -2.34. The van der Waals surface area contributed by atoms with Crippen molar-refractivity contribution in [3.05, 3.63) is 71.0 Å². The van der Waals surface area contributed by atoms with Crippen LogP contribution in [0.25, 0.3) is 5.69 Å². The van der Waals surface area contributed by atoms with Crippen LogP contribution in [0.15, 0.2) is 48.5 Å². The largest absolute Gasteiger partial charge is 0.497 e. The molecule has 0 unspecified atom stereocenters. The van der Waals surface area contributed by atoms with Crippen LogP contribution in [0, 0.1) is 20.8 Å². The summed E-state index contributed by atoms with van der Waals surface area (Å²) in [5.41, 5.74) is 6.10. The van der Waals surface area contributed by atoms with E-state index in [0.29, 0.717) is 6.54 Å². The third-order valence-corrected chi connectivity index (χ3v) is 6.54. The first-order valence-electron chi connectivity index (χ1n) is 11.9. The smallest absolute Gasteiger partial charge is 0.238 e. The Morgan fingerprint density at radius 2 is 1.59 bits per heavy atom. The summed E-state index contributed by atoms with van der Waals surface area (Å²) < 4.78 is 7.12. The van der Waals surface area contributed by atoms with Gasteiger partial charge in [0.05, 0.1) is 36.4 Å². The van der Waals surface area contributed by atoms with Crippen LogP contribution in [-0.4, -0.2) is 71.9 Å². The maximum Gasteiger partial charge on any atom is 0.238 e. The lowest BCUT2D eigenvalue weighted by molar-refractivity contribution is -0.117. The van der Waals surface area contributed by atoms with E-state index >= 15 is 0 Å². The summed E-state index contributed by atoms with van der Waals surface area (Å²) in [5, 5.41) is 7.76. The molecule has 3 aromatic rings. The molecule has 0 radical (unpaired) electrons. The molecule has 7 nitrogen and oxygen atoms in total. The van der Waals surface area contributed by atoms with Crippen LogP contribution in [0.5, 0.6) is 5.75 Å². The first-order valence-corrected chi connectivity index (χ1v) is 11.9. The zero-order valence-corrected chi connectivity index (χ0v) is 20.7. The van der Waals surface area contributed by atoms with E-state index in [0.717, 1.165) is 67.7 Å². The summed E-state index contributed by atoms with van der Waals surface area (Å²) in [7, 11) is 1.69. The summed E-state index contributed by atoms with van der Waals surface area (Å²) in [5.74, 6) is 0.907. The van der Waals surface area contributed by atoms with E-state index in [1.54, 1.807) is 7.11 Å². The number of hydrogen-bond acceptors (Lipinski definition) is 5. The van der Waals surface area contributed by atoms with Gasteiger partial charge in [0, 0.05) is 32.7 Å². The van der Waals surface area contributed by atoms with E-state index < -0.39 is 0 Å². The zero-order chi connectivity index (χ0) is 24.1. The Morgan fingerprint density at radius 1 is 0.941 bits per heavy atom. The van der Waals surface area contributed by atoms with Crippen molar-refractivity contribution < 1.29 is 9.53 Å². The number of piperazine rings is 1. The molecule has 0 spiro atoms. The number of ether oxygens (including phenoxy) is 1. The Morgan fingerprint density at radius 3 is 2.24 bits per heavy atom. The van der Waals surface area contributed by atoms with Crippen molar-refractivity contribution in [2.45, 2.75) is 27.2 Å². The van der Waals surface area contributed by atoms with Crippen LogP contribution in [0.1, 0.15) is 22.5 Å². The van der Waals surface area contributed by atoms with Crippen LogP contribution >= 0.6 is 0 Å². The standard InChI is InChI=1S/C27H35N5O2/c1-20-5-9-24(10-6-20)32-22(3)27(21(2)29-32)28-26(33)19-31-17-15-30(16-18-31)14-13-23-7-11-25(34-4)12-8-23/h5-12H,13-19H2,1-4H3,(H,28,33). The Bertz CT molecular complexity index is 1100. The molecule has 2 heterocycles. The second kappa shape index (κ2) is 10.8. The molecular weight excluding hydrogens is 426 g/mol. The van der Waals surface area contributed by atoms with Gasteiger partial charge in [0.1, 0.15) is 5.75 Å². The van der Waals surface area contributed by atoms with E-state index in [1.165, 1.54) is 11.1 Å². The summed E-state index contributed by atoms with van der Waals surface area (Å²) >= 11 is 0. The molecule has 2 aromatic carbocycles. The van der Waals surface area contributed by atoms with Gasteiger partial charge in [-0.1, -0.05) is 29.8 Å². The number of methoxy groups -OCH3 is 1. The number of nitrogens with zero attached hydrogens (tertiary/aromatic N) is 4. The van der Waals surface area contributed by atoms with Crippen LogP contribution in [0.3, 0.4) is 0 Å². The molecule has 1 aromatic heterocycles. The van der Waals surface area contributed by atoms with Gasteiger partial charge in [-0.3, -0.25) is 9.69 Å². The average Bonchev–Trinajstić information content (AvgIpc) is 3.12. The molecule has 0 saturated carbocycles. The number of aryl methyl sites for hydroxylation is 2. The maximum atomic E-state index is 12.8. The van der Waals surface area contributed by atoms with Gasteiger partial charge in [0.25, 0.3) is 0 Å². The molecule has 180 valence electrons. The number of benzene rings is 2. The highest BCUT2D eigenvalue weighted by molar-refractivity contribution is 5.93. The molecule has 1 N–H and O–H groups in total. The highest BCUT2D eigenvalue weighted by atomic mass is 16.5. The predicted molar refractivity (Wildman–Crippen MR) is 136 cm³/mol. The molecule has 1 aliphatic heterocycles. The Kier molecular flexibility index (Phi) is 7.65. The molecule has 0 aliphatic carbocycles. The first-order chi connectivity index (χ1) is 16.4. The lowest BCUT2D eigenvalue weighted by atomic mass is 10.1. The summed E-state index contributed by atoms with van der Waals surface area (Å²) in [4.78, 5) is 17.5. The van der Waals surface area contributed by atoms with Crippen LogP contribution < -0.4 is 10.1 Å². The first kappa shape index (κ1) is 24.0. The van der Waals surface area contributed by atoms with Gasteiger partial charge in [-0.2, -0.15) is 5.10 Å². The summed E-state index contributed by atoms with van der Waals surface area (Å²) in [6.45, 7) is 11.2. The highest BCUT2D eigenvalue weighted by Crippen LogP contribution is 2.23. The molecule has 7 heteroatoms. The fraction of sp³-hybridized carbons (Fsp3) is 0.407. The fourth-order valence-electron chi connectivity index (χ4n) is 4.39. The van der Waals surface area contributed by atoms with Crippen LogP contribution in [-0.2, 0) is 11.2 Å². The maximum absolute atomic E-state index is 12.8. The number of aromatic nitrogens is 2. The minimum atomic E-state index is 0.0151. The minimum absolute atomic E-state index is 0.0151. The number of nitrogens with one attached hydrogen (secondary N) is 1. The number of anilines is 1. The quantitative estimate of drug-likeness (QED) is 0.555. The Hall–Kier alpha value is -3.16. The predicted octanol–water partition coefficient (Wildman–Crippen LogP) is 3.60. The van der Waals surface area contributed by atoms with Crippen molar-refractivity contribution in [1.29, 1.82) is 0 Å². The second-order valence-corrected chi connectivity index (χ2v) is 9.06. The Balaban J connectivity index is 1.25. The molecular formula is C27H35N5O2. The summed E-state index contributed by atoms with van der Waals surface area (Å²) in [6.07, 6.45) is 1.02. The molecule has 0 bridgehead atoms. The highest BCUT2D eigenvalue weighted by Gasteiger charge is 2.21. The van der Waals surface area contributed by atoms with Crippen LogP contribution in [0.4, 0.5) is 5.69 Å². The minimum Gasteiger partial charge on any atom is -0.497 e. The zero-order valence-electron chi connectivity index (χ0n) is 20.7. The molecule has 34 heavy (non-hydrogen) atoms. The van der Waals surface area contributed by atoms with Crippen LogP contribution in [0.2, 0.25) is 0 Å². The lowest BCUT2D eigenvalue weighted by Crippen LogP contribution is -2.49. The number of rotatable bonds is 8. The molecule has 1 amide bonds. The fourth-order valence-corrected chi connectivity index (χ4v) is 4.39. The monoisotopic (exact) mass is 461 g/mol. The normalized spacial score (nSPS) is 14.8. The SMILES string of the molecule is COc1ccc(CCN2CCN(CC(=O)Nc3c(C)nn(-c4ccc(C)cc4)c3C)CC2)cc1. The van der Waals surface area contributed by atoms with E-state index in [2.05, 4.69) is 63.5 Å². The number of hydrogen-bond donors (Lipinski definition) is 1. The van der Waals surface area contributed by atoms with Gasteiger partial charge in [0.15, 0.2) is 0 Å². The molecule has 4 rings (SSSR count). The third kappa shape index (κ3) is 5.85. The van der Waals surface area contributed by atoms with Gasteiger partial charge in [-0.05, 0) is 57.0 Å². The summed E-state index contributed by atoms with van der Waals surface area (Å²) in [6, 6.07) is 16.5. The average molecular weight is 462 g/mol. The van der Waals surface area contributed by atoms with Gasteiger partial charge < -0.3 is 15.0 Å². The number of amides is 1. The van der Waals surface area contributed by atoms with Gasteiger partial charge >= 0.3 is 0 Å². The number of carbonyl (C=O) groups is 1. The topological polar surface area (TPSA) is 62.6 Å². The van der Waals surface area contributed by atoms with Crippen molar-refractivity contribution in [3.8, 4) is 11.4 Å². The van der Waals surface area contributed by atoms with E-state index in [4.69, 9.17) is 4.74 Å². The number of carbonyl (C=O) groups excluding carboxylic acids is 1. The van der Waals surface area contributed by atoms with E-state index in [1.807, 2.05) is 30.7 Å².